The van der Waals surface area contributed by atoms with Gasteiger partial charge in [-0.05, 0) is 89.0 Å². The molecule has 9 aromatic rings. The number of benzene rings is 7. The van der Waals surface area contributed by atoms with E-state index in [2.05, 4.69) is 181 Å². The average molecular weight is 633 g/mol. The average Bonchev–Trinajstić information content (AvgIpc) is 3.75. The maximum absolute atomic E-state index is 2.46. The molecule has 7 aromatic carbocycles. The molecule has 0 aliphatic heterocycles. The zero-order valence-corrected chi connectivity index (χ0v) is 27.6. The summed E-state index contributed by atoms with van der Waals surface area (Å²) in [6, 6.07) is 58.1. The molecule has 2 heterocycles. The Labute approximate surface area is 283 Å². The summed E-state index contributed by atoms with van der Waals surface area (Å²) in [5.74, 6) is 0. The largest absolute Gasteiger partial charge is 0.310 e. The van der Waals surface area contributed by atoms with E-state index in [0.29, 0.717) is 0 Å². The number of aromatic nitrogens is 1. The molecule has 0 radical (unpaired) electrons. The van der Waals surface area contributed by atoms with E-state index in [-0.39, 0.29) is 5.41 Å². The molecule has 228 valence electrons. The lowest BCUT2D eigenvalue weighted by atomic mass is 9.82. The number of hydrogen-bond donors (Lipinski definition) is 0. The summed E-state index contributed by atoms with van der Waals surface area (Å²) in [7, 11) is 0. The summed E-state index contributed by atoms with van der Waals surface area (Å²) in [6.45, 7) is 4.72. The van der Waals surface area contributed by atoms with Crippen LogP contribution in [0, 0.1) is 0 Å². The highest BCUT2D eigenvalue weighted by atomic mass is 32.1. The maximum Gasteiger partial charge on any atom is 0.0562 e. The minimum absolute atomic E-state index is 0.0690. The Morgan fingerprint density at radius 2 is 1.21 bits per heavy atom. The Balaban J connectivity index is 1.23. The smallest absolute Gasteiger partial charge is 0.0562 e. The standard InChI is InChI=1S/C45H32N2S/c1-45(2)37-18-9-6-15-32(37)33-25-23-31(28-38(33)45)47-39-19-10-7-17-35(39)44-40(20-12-21-41(44)47)46(29-13-4-3-5-14-29)30-24-26-43-36(27-30)34-16-8-11-22-42(34)48-43/h3-28H,1-2H3. The Bertz CT molecular complexity index is 2710. The van der Waals surface area contributed by atoms with Crippen LogP contribution in [0.25, 0.3) is 58.8 Å². The van der Waals surface area contributed by atoms with Gasteiger partial charge >= 0.3 is 0 Å². The van der Waals surface area contributed by atoms with Crippen molar-refractivity contribution in [3.63, 3.8) is 0 Å². The molecule has 0 unspecified atom stereocenters. The van der Waals surface area contributed by atoms with Crippen LogP contribution in [0.3, 0.4) is 0 Å². The van der Waals surface area contributed by atoms with Crippen LogP contribution in [0.15, 0.2) is 158 Å². The van der Waals surface area contributed by atoms with Gasteiger partial charge < -0.3 is 9.47 Å². The van der Waals surface area contributed by atoms with Crippen molar-refractivity contribution in [3.8, 4) is 16.8 Å². The molecule has 1 aliphatic carbocycles. The number of anilines is 3. The first-order valence-electron chi connectivity index (χ1n) is 16.6. The Morgan fingerprint density at radius 1 is 0.500 bits per heavy atom. The van der Waals surface area contributed by atoms with Gasteiger partial charge in [0.25, 0.3) is 0 Å². The predicted molar refractivity (Wildman–Crippen MR) is 206 cm³/mol. The zero-order valence-electron chi connectivity index (χ0n) is 26.8. The van der Waals surface area contributed by atoms with Gasteiger partial charge in [0.2, 0.25) is 0 Å². The van der Waals surface area contributed by atoms with Gasteiger partial charge in [-0.3, -0.25) is 0 Å². The molecule has 0 fully saturated rings. The highest BCUT2D eigenvalue weighted by molar-refractivity contribution is 7.25. The van der Waals surface area contributed by atoms with Crippen LogP contribution in [0.5, 0.6) is 0 Å². The molecule has 0 bridgehead atoms. The third kappa shape index (κ3) is 3.85. The van der Waals surface area contributed by atoms with Crippen LogP contribution in [0.1, 0.15) is 25.0 Å². The summed E-state index contributed by atoms with van der Waals surface area (Å²) in [5, 5.41) is 5.10. The van der Waals surface area contributed by atoms with Crippen molar-refractivity contribution in [2.45, 2.75) is 19.3 Å². The van der Waals surface area contributed by atoms with Crippen molar-refractivity contribution in [2.24, 2.45) is 0 Å². The van der Waals surface area contributed by atoms with Crippen molar-refractivity contribution in [3.05, 3.63) is 169 Å². The highest BCUT2D eigenvalue weighted by Gasteiger charge is 2.35. The summed E-state index contributed by atoms with van der Waals surface area (Å²) in [5.41, 5.74) is 12.5. The van der Waals surface area contributed by atoms with E-state index in [1.807, 2.05) is 11.3 Å². The third-order valence-corrected chi connectivity index (χ3v) is 11.5. The Hall–Kier alpha value is -5.64. The molecule has 0 atom stereocenters. The molecular weight excluding hydrogens is 601 g/mol. The normalized spacial score (nSPS) is 13.4. The summed E-state index contributed by atoms with van der Waals surface area (Å²) in [4.78, 5) is 2.44. The second-order valence-electron chi connectivity index (χ2n) is 13.4. The van der Waals surface area contributed by atoms with Crippen molar-refractivity contribution in [1.29, 1.82) is 0 Å². The van der Waals surface area contributed by atoms with E-state index in [9.17, 15) is 0 Å². The molecule has 0 N–H and O–H groups in total. The second kappa shape index (κ2) is 10.2. The van der Waals surface area contributed by atoms with Crippen molar-refractivity contribution < 1.29 is 0 Å². The molecule has 2 nitrogen and oxygen atoms in total. The molecule has 3 heteroatoms. The van der Waals surface area contributed by atoms with Gasteiger partial charge in [0.15, 0.2) is 0 Å². The first-order chi connectivity index (χ1) is 23.6. The lowest BCUT2D eigenvalue weighted by Gasteiger charge is -2.26. The van der Waals surface area contributed by atoms with E-state index in [4.69, 9.17) is 0 Å². The van der Waals surface area contributed by atoms with Gasteiger partial charge in [0, 0.05) is 53.4 Å². The molecule has 0 saturated heterocycles. The van der Waals surface area contributed by atoms with Crippen LogP contribution in [-0.4, -0.2) is 4.57 Å². The monoisotopic (exact) mass is 632 g/mol. The second-order valence-corrected chi connectivity index (χ2v) is 14.5. The van der Waals surface area contributed by atoms with Gasteiger partial charge in [-0.1, -0.05) is 105 Å². The van der Waals surface area contributed by atoms with Gasteiger partial charge in [-0.15, -0.1) is 11.3 Å². The number of thiophene rings is 1. The van der Waals surface area contributed by atoms with Crippen molar-refractivity contribution in [1.82, 2.24) is 4.57 Å². The minimum Gasteiger partial charge on any atom is -0.310 e. The number of para-hydroxylation sites is 2. The van der Waals surface area contributed by atoms with Crippen LogP contribution >= 0.6 is 11.3 Å². The SMILES string of the molecule is CC1(C)c2ccccc2-c2ccc(-n3c4ccccc4c4c(N(c5ccccc5)c5ccc6sc7ccccc7c6c5)cccc43)cc21. The fraction of sp³-hybridized carbons (Fsp3) is 0.0667. The zero-order chi connectivity index (χ0) is 32.0. The Kier molecular flexibility index (Phi) is 5.82. The summed E-state index contributed by atoms with van der Waals surface area (Å²) >= 11 is 1.86. The molecule has 2 aromatic heterocycles. The maximum atomic E-state index is 2.46. The van der Waals surface area contributed by atoms with Crippen molar-refractivity contribution >= 4 is 70.4 Å². The fourth-order valence-corrected chi connectivity index (χ4v) is 9.24. The van der Waals surface area contributed by atoms with Gasteiger partial charge in [-0.2, -0.15) is 0 Å². The van der Waals surface area contributed by atoms with Gasteiger partial charge in [0.05, 0.1) is 16.7 Å². The first kappa shape index (κ1) is 27.5. The highest BCUT2D eigenvalue weighted by Crippen LogP contribution is 2.50. The quantitative estimate of drug-likeness (QED) is 0.187. The minimum atomic E-state index is -0.0690. The molecule has 0 saturated carbocycles. The molecular formula is C45H32N2S. The van der Waals surface area contributed by atoms with Crippen molar-refractivity contribution in [2.75, 3.05) is 4.90 Å². The first-order valence-corrected chi connectivity index (χ1v) is 17.4. The molecule has 10 rings (SSSR count). The number of fused-ring (bicyclic) bond motifs is 9. The van der Waals surface area contributed by atoms with Crippen LogP contribution < -0.4 is 4.90 Å². The van der Waals surface area contributed by atoms with E-state index < -0.39 is 0 Å². The number of nitrogens with zero attached hydrogens (tertiary/aromatic N) is 2. The van der Waals surface area contributed by atoms with E-state index in [1.54, 1.807) is 0 Å². The molecule has 48 heavy (non-hydrogen) atoms. The van der Waals surface area contributed by atoms with E-state index >= 15 is 0 Å². The lowest BCUT2D eigenvalue weighted by Crippen LogP contribution is -2.15. The van der Waals surface area contributed by atoms with Gasteiger partial charge in [0.1, 0.15) is 0 Å². The fourth-order valence-electron chi connectivity index (χ4n) is 8.15. The molecule has 0 amide bonds. The molecule has 0 spiro atoms. The lowest BCUT2D eigenvalue weighted by molar-refractivity contribution is 0.660. The molecule has 1 aliphatic rings. The van der Waals surface area contributed by atoms with E-state index in [1.165, 1.54) is 75.6 Å². The van der Waals surface area contributed by atoms with Crippen LogP contribution in [0.4, 0.5) is 17.1 Å². The van der Waals surface area contributed by atoms with Gasteiger partial charge in [-0.25, -0.2) is 0 Å². The van der Waals surface area contributed by atoms with Crippen LogP contribution in [0.2, 0.25) is 0 Å². The topological polar surface area (TPSA) is 8.17 Å². The Morgan fingerprint density at radius 3 is 2.10 bits per heavy atom. The van der Waals surface area contributed by atoms with E-state index in [0.717, 1.165) is 11.4 Å². The third-order valence-electron chi connectivity index (χ3n) is 10.4. The summed E-state index contributed by atoms with van der Waals surface area (Å²) in [6.07, 6.45) is 0. The number of hydrogen-bond acceptors (Lipinski definition) is 2. The van der Waals surface area contributed by atoms with Crippen LogP contribution in [-0.2, 0) is 5.41 Å². The number of rotatable bonds is 4. The summed E-state index contributed by atoms with van der Waals surface area (Å²) < 4.78 is 5.10. The predicted octanol–water partition coefficient (Wildman–Crippen LogP) is 12.9.